The quantitative estimate of drug-likeness (QED) is 0.530. The highest BCUT2D eigenvalue weighted by Crippen LogP contribution is 2.18. The van der Waals surface area contributed by atoms with Crippen molar-refractivity contribution in [2.75, 3.05) is 11.6 Å². The van der Waals surface area contributed by atoms with Crippen LogP contribution in [0.4, 0.5) is 14.6 Å². The van der Waals surface area contributed by atoms with E-state index in [0.29, 0.717) is 21.7 Å². The van der Waals surface area contributed by atoms with Gasteiger partial charge >= 0.3 is 0 Å². The molecular weight excluding hydrogens is 292 g/mol. The Hall–Kier alpha value is -1.40. The van der Waals surface area contributed by atoms with E-state index in [0.717, 1.165) is 6.07 Å². The average Bonchev–Trinajstić information content (AvgIpc) is 2.37. The first-order chi connectivity index (χ1) is 9.08. The molecule has 0 radical (unpaired) electrons. The summed E-state index contributed by atoms with van der Waals surface area (Å²) in [7, 11) is 0. The third-order valence-electron chi connectivity index (χ3n) is 2.33. The molecule has 0 atom stereocenters. The van der Waals surface area contributed by atoms with Crippen LogP contribution in [-0.4, -0.2) is 16.2 Å². The summed E-state index contributed by atoms with van der Waals surface area (Å²) >= 11 is 7.19. The fraction of sp³-hybridized carbons (Fsp3) is 0.167. The highest BCUT2D eigenvalue weighted by Gasteiger charge is 2.06. The molecule has 0 bridgehead atoms. The second-order valence-electron chi connectivity index (χ2n) is 3.65. The zero-order valence-corrected chi connectivity index (χ0v) is 11.5. The third kappa shape index (κ3) is 3.78. The molecule has 7 heteroatoms. The Morgan fingerprint density at radius 1 is 1.26 bits per heavy atom. The summed E-state index contributed by atoms with van der Waals surface area (Å²) in [6.45, 7) is 0.188. The Morgan fingerprint density at radius 2 is 2.05 bits per heavy atom. The summed E-state index contributed by atoms with van der Waals surface area (Å²) in [5.74, 6) is -0.707. The number of rotatable bonds is 4. The molecule has 2 rings (SSSR count). The van der Waals surface area contributed by atoms with Crippen molar-refractivity contribution in [2.45, 2.75) is 11.7 Å². The van der Waals surface area contributed by atoms with Gasteiger partial charge in [0.25, 0.3) is 0 Å². The fourth-order valence-electron chi connectivity index (χ4n) is 1.43. The number of hydrogen-bond donors (Lipinski definition) is 1. The van der Waals surface area contributed by atoms with Crippen LogP contribution in [0.2, 0.25) is 5.15 Å². The van der Waals surface area contributed by atoms with Crippen molar-refractivity contribution in [2.24, 2.45) is 0 Å². The first-order valence-electron chi connectivity index (χ1n) is 5.35. The molecule has 0 amide bonds. The largest absolute Gasteiger partial charge is 0.366 e. The minimum absolute atomic E-state index is 0.188. The molecule has 0 saturated heterocycles. The van der Waals surface area contributed by atoms with Crippen LogP contribution in [0.15, 0.2) is 29.4 Å². The van der Waals surface area contributed by atoms with Crippen molar-refractivity contribution in [3.8, 4) is 0 Å². The first kappa shape index (κ1) is 14.0. The number of nitrogens with one attached hydrogen (secondary N) is 1. The highest BCUT2D eigenvalue weighted by molar-refractivity contribution is 7.98. The molecule has 100 valence electrons. The molecule has 1 aromatic heterocycles. The molecule has 2 aromatic rings. The lowest BCUT2D eigenvalue weighted by Gasteiger charge is -2.08. The normalized spacial score (nSPS) is 10.5. The number of nitrogens with zero attached hydrogens (tertiary/aromatic N) is 2. The van der Waals surface area contributed by atoms with E-state index in [9.17, 15) is 8.78 Å². The van der Waals surface area contributed by atoms with Crippen LogP contribution in [0.3, 0.4) is 0 Å². The first-order valence-corrected chi connectivity index (χ1v) is 6.95. The number of anilines is 1. The van der Waals surface area contributed by atoms with E-state index in [2.05, 4.69) is 15.3 Å². The monoisotopic (exact) mass is 301 g/mol. The topological polar surface area (TPSA) is 37.8 Å². The zero-order valence-electron chi connectivity index (χ0n) is 9.95. The molecule has 0 unspecified atom stereocenters. The van der Waals surface area contributed by atoms with Crippen molar-refractivity contribution >= 4 is 29.2 Å². The van der Waals surface area contributed by atoms with Gasteiger partial charge in [-0.15, -0.1) is 0 Å². The molecule has 0 spiro atoms. The van der Waals surface area contributed by atoms with Crippen molar-refractivity contribution in [3.63, 3.8) is 0 Å². The van der Waals surface area contributed by atoms with Gasteiger partial charge in [0.2, 0.25) is 0 Å². The molecule has 19 heavy (non-hydrogen) atoms. The Bertz CT molecular complexity index is 595. The maximum absolute atomic E-state index is 13.4. The molecule has 0 aliphatic heterocycles. The van der Waals surface area contributed by atoms with Crippen LogP contribution in [-0.2, 0) is 6.54 Å². The van der Waals surface area contributed by atoms with Crippen molar-refractivity contribution in [1.82, 2.24) is 9.97 Å². The molecule has 0 aliphatic rings. The van der Waals surface area contributed by atoms with Gasteiger partial charge in [-0.05, 0) is 12.3 Å². The zero-order chi connectivity index (χ0) is 13.8. The van der Waals surface area contributed by atoms with E-state index in [4.69, 9.17) is 11.6 Å². The van der Waals surface area contributed by atoms with Gasteiger partial charge < -0.3 is 5.32 Å². The van der Waals surface area contributed by atoms with Crippen LogP contribution in [0.1, 0.15) is 5.56 Å². The number of aromatic nitrogens is 2. The number of hydrogen-bond acceptors (Lipinski definition) is 4. The molecule has 0 saturated carbocycles. The number of thioether (sulfide) groups is 1. The van der Waals surface area contributed by atoms with E-state index in [1.165, 1.54) is 23.9 Å². The Labute approximate surface area is 118 Å². The minimum atomic E-state index is -0.601. The molecular formula is C12H10ClF2N3S. The van der Waals surface area contributed by atoms with Crippen LogP contribution < -0.4 is 5.32 Å². The van der Waals surface area contributed by atoms with Crippen molar-refractivity contribution in [1.29, 1.82) is 0 Å². The maximum Gasteiger partial charge on any atom is 0.190 e. The average molecular weight is 302 g/mol. The van der Waals surface area contributed by atoms with Gasteiger partial charge in [0, 0.05) is 24.2 Å². The van der Waals surface area contributed by atoms with Crippen molar-refractivity contribution < 1.29 is 8.78 Å². The molecule has 1 N–H and O–H groups in total. The van der Waals surface area contributed by atoms with Gasteiger partial charge in [0.1, 0.15) is 22.6 Å². The van der Waals surface area contributed by atoms with Crippen LogP contribution in [0.5, 0.6) is 0 Å². The summed E-state index contributed by atoms with van der Waals surface area (Å²) in [5, 5.41) is 3.76. The number of halogens is 3. The Kier molecular flexibility index (Phi) is 4.55. The summed E-state index contributed by atoms with van der Waals surface area (Å²) in [4.78, 5) is 8.16. The van der Waals surface area contributed by atoms with Gasteiger partial charge in [0.15, 0.2) is 5.16 Å². The fourth-order valence-corrected chi connectivity index (χ4v) is 2.04. The molecule has 3 nitrogen and oxygen atoms in total. The maximum atomic E-state index is 13.4. The van der Waals surface area contributed by atoms with Crippen molar-refractivity contribution in [3.05, 3.63) is 46.6 Å². The summed E-state index contributed by atoms with van der Waals surface area (Å²) < 4.78 is 26.2. The van der Waals surface area contributed by atoms with Gasteiger partial charge in [-0.3, -0.25) is 0 Å². The predicted octanol–water partition coefficient (Wildman–Crippen LogP) is 3.74. The second-order valence-corrected chi connectivity index (χ2v) is 4.81. The minimum Gasteiger partial charge on any atom is -0.366 e. The van der Waals surface area contributed by atoms with E-state index in [-0.39, 0.29) is 6.54 Å². The lowest BCUT2D eigenvalue weighted by Crippen LogP contribution is -2.04. The Balaban J connectivity index is 2.12. The van der Waals surface area contributed by atoms with Gasteiger partial charge in [-0.2, -0.15) is 0 Å². The standard InChI is InChI=1S/C12H10ClF2N3S/c1-19-12-17-10(13)5-11(18-12)16-6-7-2-3-8(14)4-9(7)15/h2-5H,6H2,1H3,(H,16,17,18). The lowest BCUT2D eigenvalue weighted by molar-refractivity contribution is 0.574. The van der Waals surface area contributed by atoms with E-state index < -0.39 is 11.6 Å². The SMILES string of the molecule is CSc1nc(Cl)cc(NCc2ccc(F)cc2F)n1. The molecule has 1 aromatic carbocycles. The van der Waals surface area contributed by atoms with Gasteiger partial charge in [-0.25, -0.2) is 18.7 Å². The molecule has 0 aliphatic carbocycles. The number of benzene rings is 1. The van der Waals surface area contributed by atoms with Crippen LogP contribution >= 0.6 is 23.4 Å². The lowest BCUT2D eigenvalue weighted by atomic mass is 10.2. The smallest absolute Gasteiger partial charge is 0.190 e. The molecule has 1 heterocycles. The second kappa shape index (κ2) is 6.16. The highest BCUT2D eigenvalue weighted by atomic mass is 35.5. The van der Waals surface area contributed by atoms with Gasteiger partial charge in [-0.1, -0.05) is 29.4 Å². The van der Waals surface area contributed by atoms with Crippen LogP contribution in [0, 0.1) is 11.6 Å². The summed E-state index contributed by atoms with van der Waals surface area (Å²) in [6, 6.07) is 4.98. The van der Waals surface area contributed by atoms with E-state index in [1.54, 1.807) is 6.07 Å². The van der Waals surface area contributed by atoms with E-state index in [1.807, 2.05) is 6.26 Å². The molecule has 0 fully saturated rings. The summed E-state index contributed by atoms with van der Waals surface area (Å²) in [6.07, 6.45) is 1.83. The summed E-state index contributed by atoms with van der Waals surface area (Å²) in [5.41, 5.74) is 0.349. The van der Waals surface area contributed by atoms with Crippen LogP contribution in [0.25, 0.3) is 0 Å². The van der Waals surface area contributed by atoms with E-state index >= 15 is 0 Å². The predicted molar refractivity (Wildman–Crippen MR) is 72.5 cm³/mol. The Morgan fingerprint density at radius 3 is 2.74 bits per heavy atom. The van der Waals surface area contributed by atoms with Gasteiger partial charge in [0.05, 0.1) is 0 Å². The third-order valence-corrected chi connectivity index (χ3v) is 3.07.